The van der Waals surface area contributed by atoms with Crippen molar-refractivity contribution in [3.63, 3.8) is 0 Å². The van der Waals surface area contributed by atoms with Crippen molar-refractivity contribution in [2.24, 2.45) is 7.05 Å². The van der Waals surface area contributed by atoms with Crippen LogP contribution in [0.5, 0.6) is 0 Å². The third-order valence-electron chi connectivity index (χ3n) is 3.83. The van der Waals surface area contributed by atoms with Crippen LogP contribution in [0, 0.1) is 0 Å². The molecule has 0 spiro atoms. The first-order valence-corrected chi connectivity index (χ1v) is 8.16. The largest absolute Gasteiger partial charge is 0.383 e. The van der Waals surface area contributed by atoms with Gasteiger partial charge in [-0.15, -0.1) is 0 Å². The Balaban J connectivity index is 2.78. The lowest BCUT2D eigenvalue weighted by atomic mass is 10.3. The van der Waals surface area contributed by atoms with E-state index < -0.39 is 0 Å². The lowest BCUT2D eigenvalue weighted by molar-refractivity contribution is -0.143. The van der Waals surface area contributed by atoms with Gasteiger partial charge in [-0.05, 0) is 12.1 Å². The van der Waals surface area contributed by atoms with Gasteiger partial charge in [0.25, 0.3) is 0 Å². The van der Waals surface area contributed by atoms with Crippen molar-refractivity contribution in [2.45, 2.75) is 6.54 Å². The zero-order valence-corrected chi connectivity index (χ0v) is 15.6. The van der Waals surface area contributed by atoms with Crippen LogP contribution in [0.4, 0.5) is 0 Å². The molecule has 1 aromatic heterocycles. The van der Waals surface area contributed by atoms with E-state index in [0.29, 0.717) is 32.8 Å². The summed E-state index contributed by atoms with van der Waals surface area (Å²) in [5.74, 6) is -0.378. The first kappa shape index (κ1) is 21.1. The lowest BCUT2D eigenvalue weighted by Crippen LogP contribution is -2.46. The summed E-state index contributed by atoms with van der Waals surface area (Å²) >= 11 is 0. The number of carbonyl (C=O) groups excluding carboxylic acids is 2. The van der Waals surface area contributed by atoms with Crippen molar-refractivity contribution < 1.29 is 23.8 Å². The molecule has 0 aliphatic carbocycles. The molecule has 0 aliphatic rings. The Morgan fingerprint density at radius 3 is 2.16 bits per heavy atom. The molecular formula is C17H29N3O5. The Hall–Kier alpha value is -1.90. The number of carbonyl (C=O) groups is 2. The van der Waals surface area contributed by atoms with Crippen molar-refractivity contribution >= 4 is 11.8 Å². The second-order valence-electron chi connectivity index (χ2n) is 5.66. The fourth-order valence-electron chi connectivity index (χ4n) is 2.32. The number of aromatic nitrogens is 1. The van der Waals surface area contributed by atoms with Crippen molar-refractivity contribution in [2.75, 3.05) is 60.8 Å². The molecule has 0 unspecified atom stereocenters. The van der Waals surface area contributed by atoms with Gasteiger partial charge >= 0.3 is 0 Å². The van der Waals surface area contributed by atoms with E-state index in [1.54, 1.807) is 19.1 Å². The van der Waals surface area contributed by atoms with Crippen molar-refractivity contribution in [3.8, 4) is 0 Å². The predicted molar refractivity (Wildman–Crippen MR) is 93.0 cm³/mol. The Kier molecular flexibility index (Phi) is 9.83. The summed E-state index contributed by atoms with van der Waals surface area (Å²) in [5.41, 5.74) is 1.01. The standard InChI is InChI=1S/C17H29N3O5/c1-18-7-5-6-15(18)12-19(8-10-23-2)16(21)13-20(9-11-24-3)17(22)14-25-4/h5-7H,8-14H2,1-4H3. The fourth-order valence-corrected chi connectivity index (χ4v) is 2.32. The summed E-state index contributed by atoms with van der Waals surface area (Å²) in [6.45, 7) is 1.97. The molecule has 142 valence electrons. The van der Waals surface area contributed by atoms with Gasteiger partial charge in [-0.3, -0.25) is 9.59 Å². The summed E-state index contributed by atoms with van der Waals surface area (Å²) in [5, 5.41) is 0. The van der Waals surface area contributed by atoms with Crippen LogP contribution in [0.3, 0.4) is 0 Å². The Labute approximate surface area is 149 Å². The molecule has 8 nitrogen and oxygen atoms in total. The number of amides is 2. The lowest BCUT2D eigenvalue weighted by Gasteiger charge is -2.27. The average molecular weight is 355 g/mol. The van der Waals surface area contributed by atoms with Gasteiger partial charge in [0.2, 0.25) is 11.8 Å². The first-order chi connectivity index (χ1) is 12.0. The molecule has 0 aliphatic heterocycles. The molecule has 0 radical (unpaired) electrons. The van der Waals surface area contributed by atoms with E-state index in [4.69, 9.17) is 14.2 Å². The number of aryl methyl sites for hydroxylation is 1. The Bertz CT molecular complexity index is 532. The maximum atomic E-state index is 12.8. The summed E-state index contributed by atoms with van der Waals surface area (Å²) in [6.07, 6.45) is 1.93. The number of methoxy groups -OCH3 is 3. The number of nitrogens with zero attached hydrogens (tertiary/aromatic N) is 3. The van der Waals surface area contributed by atoms with Crippen molar-refractivity contribution in [1.82, 2.24) is 14.4 Å². The number of rotatable bonds is 12. The fraction of sp³-hybridized carbons (Fsp3) is 0.647. The molecule has 0 saturated carbocycles. The van der Waals surface area contributed by atoms with E-state index in [0.717, 1.165) is 5.69 Å². The topological polar surface area (TPSA) is 73.2 Å². The van der Waals surface area contributed by atoms with Gasteiger partial charge in [-0.25, -0.2) is 0 Å². The molecular weight excluding hydrogens is 326 g/mol. The van der Waals surface area contributed by atoms with E-state index in [1.807, 2.05) is 29.9 Å². The van der Waals surface area contributed by atoms with Crippen LogP contribution in [0.25, 0.3) is 0 Å². The van der Waals surface area contributed by atoms with E-state index in [1.165, 1.54) is 12.0 Å². The van der Waals surface area contributed by atoms with Gasteiger partial charge in [0.1, 0.15) is 6.61 Å². The highest BCUT2D eigenvalue weighted by molar-refractivity contribution is 5.85. The molecule has 0 fully saturated rings. The summed E-state index contributed by atoms with van der Waals surface area (Å²) in [6, 6.07) is 3.90. The van der Waals surface area contributed by atoms with Gasteiger partial charge < -0.3 is 28.6 Å². The quantitative estimate of drug-likeness (QED) is 0.533. The second kappa shape index (κ2) is 11.6. The van der Waals surface area contributed by atoms with Crippen LogP contribution < -0.4 is 0 Å². The van der Waals surface area contributed by atoms with E-state index in [2.05, 4.69) is 0 Å². The Morgan fingerprint density at radius 2 is 1.64 bits per heavy atom. The van der Waals surface area contributed by atoms with Crippen molar-refractivity contribution in [1.29, 1.82) is 0 Å². The molecule has 25 heavy (non-hydrogen) atoms. The molecule has 0 atom stereocenters. The molecule has 1 heterocycles. The van der Waals surface area contributed by atoms with Gasteiger partial charge in [-0.2, -0.15) is 0 Å². The van der Waals surface area contributed by atoms with Crippen LogP contribution in [-0.2, 0) is 37.4 Å². The molecule has 0 N–H and O–H groups in total. The van der Waals surface area contributed by atoms with Crippen molar-refractivity contribution in [3.05, 3.63) is 24.0 Å². The maximum Gasteiger partial charge on any atom is 0.249 e. The molecule has 2 amide bonds. The van der Waals surface area contributed by atoms with Crippen LogP contribution in [0.1, 0.15) is 5.69 Å². The number of ether oxygens (including phenoxy) is 3. The number of hydrogen-bond donors (Lipinski definition) is 0. The minimum atomic E-state index is -0.238. The third-order valence-corrected chi connectivity index (χ3v) is 3.83. The molecule has 1 rings (SSSR count). The van der Waals surface area contributed by atoms with Gasteiger partial charge in [0.15, 0.2) is 0 Å². The number of hydrogen-bond acceptors (Lipinski definition) is 5. The van der Waals surface area contributed by atoms with Gasteiger partial charge in [0.05, 0.1) is 26.3 Å². The average Bonchev–Trinajstić information content (AvgIpc) is 3.00. The minimum Gasteiger partial charge on any atom is -0.383 e. The minimum absolute atomic E-state index is 0.0142. The molecule has 0 saturated heterocycles. The molecule has 8 heteroatoms. The SMILES string of the molecule is COCCN(CC(=O)N(CCOC)Cc1cccn1C)C(=O)COC. The van der Waals surface area contributed by atoms with E-state index in [-0.39, 0.29) is 25.0 Å². The van der Waals surface area contributed by atoms with Crippen LogP contribution in [0.15, 0.2) is 18.3 Å². The maximum absolute atomic E-state index is 12.8. The molecule has 0 aromatic carbocycles. The smallest absolute Gasteiger partial charge is 0.249 e. The van der Waals surface area contributed by atoms with Gasteiger partial charge in [0, 0.05) is 53.4 Å². The zero-order valence-electron chi connectivity index (χ0n) is 15.6. The molecule has 0 bridgehead atoms. The third kappa shape index (κ3) is 7.25. The highest BCUT2D eigenvalue weighted by Gasteiger charge is 2.21. The van der Waals surface area contributed by atoms with Gasteiger partial charge in [-0.1, -0.05) is 0 Å². The first-order valence-electron chi connectivity index (χ1n) is 8.16. The van der Waals surface area contributed by atoms with Crippen LogP contribution in [-0.4, -0.2) is 87.0 Å². The predicted octanol–water partition coefficient (Wildman–Crippen LogP) is 0.122. The monoisotopic (exact) mass is 355 g/mol. The zero-order chi connectivity index (χ0) is 18.7. The summed E-state index contributed by atoms with van der Waals surface area (Å²) < 4.78 is 17.0. The Morgan fingerprint density at radius 1 is 1.00 bits per heavy atom. The van der Waals surface area contributed by atoms with Crippen LogP contribution in [0.2, 0.25) is 0 Å². The van der Waals surface area contributed by atoms with E-state index in [9.17, 15) is 9.59 Å². The highest BCUT2D eigenvalue weighted by Crippen LogP contribution is 2.07. The highest BCUT2D eigenvalue weighted by atomic mass is 16.5. The second-order valence-corrected chi connectivity index (χ2v) is 5.66. The van der Waals surface area contributed by atoms with E-state index >= 15 is 0 Å². The molecule has 1 aromatic rings. The van der Waals surface area contributed by atoms with Crippen LogP contribution >= 0.6 is 0 Å². The summed E-state index contributed by atoms with van der Waals surface area (Å²) in [4.78, 5) is 28.0. The summed E-state index contributed by atoms with van der Waals surface area (Å²) in [7, 11) is 6.54. The normalized spacial score (nSPS) is 10.7.